The summed E-state index contributed by atoms with van der Waals surface area (Å²) in [4.78, 5) is 27.1. The second kappa shape index (κ2) is 7.40. The van der Waals surface area contributed by atoms with E-state index in [4.69, 9.17) is 5.73 Å². The summed E-state index contributed by atoms with van der Waals surface area (Å²) in [6.07, 6.45) is 2.04. The van der Waals surface area contributed by atoms with Crippen LogP contribution in [0.1, 0.15) is 23.2 Å². The Labute approximate surface area is 162 Å². The van der Waals surface area contributed by atoms with Crippen molar-refractivity contribution < 1.29 is 9.90 Å². The molecule has 0 unspecified atom stereocenters. The van der Waals surface area contributed by atoms with Crippen LogP contribution in [0.3, 0.4) is 0 Å². The number of carbonyl (C=O) groups is 1. The third kappa shape index (κ3) is 3.72. The van der Waals surface area contributed by atoms with E-state index in [-0.39, 0.29) is 5.56 Å². The zero-order valence-corrected chi connectivity index (χ0v) is 15.6. The monoisotopic (exact) mass is 378 g/mol. The number of nitrogens with one attached hydrogen (secondary N) is 1. The van der Waals surface area contributed by atoms with Crippen molar-refractivity contribution in [2.45, 2.75) is 18.9 Å². The standard InChI is InChI=1S/C20H22N6O2/c1-26-9-7-14(8-10-26)22-20-24-17(21)15-5-6-16(23-18(15)25-20)12-3-2-4-13(11-12)19(27)28/h2-6,11,14H,7-10H2,1H3,(H,27,28)(H3,21,22,23,24,25). The predicted octanol–water partition coefficient (Wildman–Crippen LogP) is 2.48. The van der Waals surface area contributed by atoms with Crippen molar-refractivity contribution in [2.24, 2.45) is 0 Å². The van der Waals surface area contributed by atoms with E-state index in [0.29, 0.717) is 40.1 Å². The smallest absolute Gasteiger partial charge is 0.335 e. The Morgan fingerprint density at radius 3 is 2.71 bits per heavy atom. The summed E-state index contributed by atoms with van der Waals surface area (Å²) in [6.45, 7) is 2.06. The van der Waals surface area contributed by atoms with Gasteiger partial charge in [0, 0.05) is 11.6 Å². The molecule has 144 valence electrons. The third-order valence-corrected chi connectivity index (χ3v) is 5.05. The number of pyridine rings is 1. The van der Waals surface area contributed by atoms with Crippen LogP contribution in [0.15, 0.2) is 36.4 Å². The molecule has 0 radical (unpaired) electrons. The molecule has 8 heteroatoms. The number of fused-ring (bicyclic) bond motifs is 1. The summed E-state index contributed by atoms with van der Waals surface area (Å²) in [5.74, 6) is -0.124. The minimum Gasteiger partial charge on any atom is -0.478 e. The van der Waals surface area contributed by atoms with E-state index in [1.807, 2.05) is 12.1 Å². The van der Waals surface area contributed by atoms with Crippen LogP contribution in [0.2, 0.25) is 0 Å². The third-order valence-electron chi connectivity index (χ3n) is 5.05. The number of anilines is 2. The molecular formula is C20H22N6O2. The Morgan fingerprint density at radius 1 is 1.18 bits per heavy atom. The molecule has 1 fully saturated rings. The van der Waals surface area contributed by atoms with Crippen molar-refractivity contribution in [1.29, 1.82) is 0 Å². The van der Waals surface area contributed by atoms with Gasteiger partial charge in [-0.2, -0.15) is 9.97 Å². The number of aromatic nitrogens is 3. The molecule has 2 aromatic heterocycles. The lowest BCUT2D eigenvalue weighted by molar-refractivity contribution is 0.0697. The van der Waals surface area contributed by atoms with E-state index >= 15 is 0 Å². The highest BCUT2D eigenvalue weighted by Gasteiger charge is 2.18. The van der Waals surface area contributed by atoms with E-state index in [1.54, 1.807) is 24.3 Å². The summed E-state index contributed by atoms with van der Waals surface area (Å²) in [5.41, 5.74) is 8.17. The van der Waals surface area contributed by atoms with Crippen LogP contribution in [-0.4, -0.2) is 57.1 Å². The number of nitrogen functional groups attached to an aromatic ring is 1. The quantitative estimate of drug-likeness (QED) is 0.634. The zero-order chi connectivity index (χ0) is 19.7. The first-order chi connectivity index (χ1) is 13.5. The number of likely N-dealkylation sites (tertiary alicyclic amines) is 1. The summed E-state index contributed by atoms with van der Waals surface area (Å²) in [7, 11) is 2.12. The normalized spacial score (nSPS) is 15.6. The van der Waals surface area contributed by atoms with E-state index in [9.17, 15) is 9.90 Å². The van der Waals surface area contributed by atoms with Gasteiger partial charge in [-0.3, -0.25) is 0 Å². The highest BCUT2D eigenvalue weighted by atomic mass is 16.4. The maximum Gasteiger partial charge on any atom is 0.335 e. The molecule has 1 saturated heterocycles. The molecule has 28 heavy (non-hydrogen) atoms. The number of carboxylic acids is 1. The Morgan fingerprint density at radius 2 is 1.96 bits per heavy atom. The van der Waals surface area contributed by atoms with E-state index in [1.165, 1.54) is 0 Å². The lowest BCUT2D eigenvalue weighted by Gasteiger charge is -2.29. The Kier molecular flexibility index (Phi) is 4.79. The molecular weight excluding hydrogens is 356 g/mol. The van der Waals surface area contributed by atoms with Gasteiger partial charge in [-0.25, -0.2) is 9.78 Å². The molecule has 0 spiro atoms. The maximum atomic E-state index is 11.2. The SMILES string of the molecule is CN1CCC(Nc2nc(N)c3ccc(-c4cccc(C(=O)O)c4)nc3n2)CC1. The molecule has 3 aromatic rings. The first-order valence-electron chi connectivity index (χ1n) is 9.22. The first kappa shape index (κ1) is 18.1. The van der Waals surface area contributed by atoms with Gasteiger partial charge < -0.3 is 21.1 Å². The largest absolute Gasteiger partial charge is 0.478 e. The Hall–Kier alpha value is -3.26. The van der Waals surface area contributed by atoms with Crippen LogP contribution in [-0.2, 0) is 0 Å². The average Bonchev–Trinajstić information content (AvgIpc) is 2.69. The zero-order valence-electron chi connectivity index (χ0n) is 15.6. The molecule has 0 atom stereocenters. The van der Waals surface area contributed by atoms with Gasteiger partial charge >= 0.3 is 5.97 Å². The van der Waals surface area contributed by atoms with Crippen LogP contribution in [0.5, 0.6) is 0 Å². The van der Waals surface area contributed by atoms with Gasteiger partial charge in [0.05, 0.1) is 16.6 Å². The lowest BCUT2D eigenvalue weighted by atomic mass is 10.1. The molecule has 0 aliphatic carbocycles. The Bertz CT molecular complexity index is 1030. The van der Waals surface area contributed by atoms with Gasteiger partial charge in [-0.15, -0.1) is 0 Å². The van der Waals surface area contributed by atoms with E-state index in [2.05, 4.69) is 32.2 Å². The number of aromatic carboxylic acids is 1. The molecule has 3 heterocycles. The highest BCUT2D eigenvalue weighted by molar-refractivity contribution is 5.90. The minimum atomic E-state index is -0.973. The van der Waals surface area contributed by atoms with Crippen molar-refractivity contribution in [1.82, 2.24) is 19.9 Å². The van der Waals surface area contributed by atoms with Crippen molar-refractivity contribution in [3.8, 4) is 11.3 Å². The van der Waals surface area contributed by atoms with Crippen LogP contribution < -0.4 is 11.1 Å². The Balaban J connectivity index is 1.66. The van der Waals surface area contributed by atoms with E-state index < -0.39 is 5.97 Å². The average molecular weight is 378 g/mol. The van der Waals surface area contributed by atoms with Gasteiger partial charge in [0.1, 0.15) is 5.82 Å². The van der Waals surface area contributed by atoms with Gasteiger partial charge in [0.15, 0.2) is 5.65 Å². The molecule has 1 aliphatic heterocycles. The van der Waals surface area contributed by atoms with E-state index in [0.717, 1.165) is 25.9 Å². The maximum absolute atomic E-state index is 11.2. The summed E-state index contributed by atoms with van der Waals surface area (Å²) >= 11 is 0. The number of hydrogen-bond donors (Lipinski definition) is 3. The van der Waals surface area contributed by atoms with Gasteiger partial charge in [-0.05, 0) is 57.2 Å². The molecule has 4 rings (SSSR count). The summed E-state index contributed by atoms with van der Waals surface area (Å²) in [5, 5.41) is 13.2. The molecule has 1 aliphatic rings. The van der Waals surface area contributed by atoms with Crippen LogP contribution in [0, 0.1) is 0 Å². The summed E-state index contributed by atoms with van der Waals surface area (Å²) in [6, 6.07) is 10.6. The molecule has 8 nitrogen and oxygen atoms in total. The number of carboxylic acid groups (broad SMARTS) is 1. The number of rotatable bonds is 4. The number of piperidine rings is 1. The molecule has 1 aromatic carbocycles. The fraction of sp³-hybridized carbons (Fsp3) is 0.300. The summed E-state index contributed by atoms with van der Waals surface area (Å²) < 4.78 is 0. The lowest BCUT2D eigenvalue weighted by Crippen LogP contribution is -2.37. The van der Waals surface area contributed by atoms with Crippen LogP contribution in [0.4, 0.5) is 11.8 Å². The number of nitrogens with zero attached hydrogens (tertiary/aromatic N) is 4. The van der Waals surface area contributed by atoms with Gasteiger partial charge in [0.25, 0.3) is 0 Å². The number of hydrogen-bond acceptors (Lipinski definition) is 7. The minimum absolute atomic E-state index is 0.214. The molecule has 0 bridgehead atoms. The first-order valence-corrected chi connectivity index (χ1v) is 9.22. The van der Waals surface area contributed by atoms with Crippen LogP contribution >= 0.6 is 0 Å². The van der Waals surface area contributed by atoms with Crippen molar-refractivity contribution in [3.63, 3.8) is 0 Å². The fourth-order valence-electron chi connectivity index (χ4n) is 3.41. The van der Waals surface area contributed by atoms with Gasteiger partial charge in [-0.1, -0.05) is 12.1 Å². The van der Waals surface area contributed by atoms with Crippen molar-refractivity contribution in [2.75, 3.05) is 31.2 Å². The van der Waals surface area contributed by atoms with Crippen molar-refractivity contribution in [3.05, 3.63) is 42.0 Å². The molecule has 0 saturated carbocycles. The number of nitrogens with two attached hydrogens (primary N) is 1. The van der Waals surface area contributed by atoms with Crippen molar-refractivity contribution >= 4 is 28.8 Å². The predicted molar refractivity (Wildman–Crippen MR) is 108 cm³/mol. The number of benzene rings is 1. The highest BCUT2D eigenvalue weighted by Crippen LogP contribution is 2.25. The molecule has 4 N–H and O–H groups in total. The second-order valence-corrected chi connectivity index (χ2v) is 7.11. The van der Waals surface area contributed by atoms with Crippen LogP contribution in [0.25, 0.3) is 22.3 Å². The topological polar surface area (TPSA) is 117 Å². The van der Waals surface area contributed by atoms with Gasteiger partial charge in [0.2, 0.25) is 5.95 Å². The molecule has 0 amide bonds. The fourth-order valence-corrected chi connectivity index (χ4v) is 3.41. The second-order valence-electron chi connectivity index (χ2n) is 7.11.